The van der Waals surface area contributed by atoms with E-state index in [4.69, 9.17) is 23.2 Å². The third-order valence-corrected chi connectivity index (χ3v) is 8.22. The summed E-state index contributed by atoms with van der Waals surface area (Å²) >= 11 is 13.4. The molecular formula is C23H18Cl2F3N5OS. The molecule has 0 bridgehead atoms. The van der Waals surface area contributed by atoms with Gasteiger partial charge in [-0.1, -0.05) is 29.3 Å². The van der Waals surface area contributed by atoms with Crippen molar-refractivity contribution in [3.63, 3.8) is 0 Å². The standard InChI is InChI=1S/C23H18Cl2F3N5OS/c24-14-6-5-11(7-15(14)25)16-8-19(23(26,27)28)33-20(30-16)9-17(32-33)21(34)31-22-13(10-29)12-3-1-2-4-18(12)35-22/h5-7,9,16,19,30H,1-4,8H2,(H,31,34)/t16-,19+/m0/s1. The van der Waals surface area contributed by atoms with Crippen molar-refractivity contribution in [2.24, 2.45) is 0 Å². The Labute approximate surface area is 212 Å². The molecule has 2 N–H and O–H groups in total. The van der Waals surface area contributed by atoms with Crippen molar-refractivity contribution in [1.29, 1.82) is 5.26 Å². The van der Waals surface area contributed by atoms with Crippen LogP contribution in [0.4, 0.5) is 24.0 Å². The van der Waals surface area contributed by atoms with Crippen LogP contribution in [0, 0.1) is 11.3 Å². The Bertz CT molecular complexity index is 1360. The van der Waals surface area contributed by atoms with Crippen molar-refractivity contribution in [1.82, 2.24) is 9.78 Å². The lowest BCUT2D eigenvalue weighted by atomic mass is 9.96. The minimum absolute atomic E-state index is 0.0609. The van der Waals surface area contributed by atoms with E-state index < -0.39 is 24.2 Å². The zero-order valence-corrected chi connectivity index (χ0v) is 20.4. The van der Waals surface area contributed by atoms with E-state index in [2.05, 4.69) is 21.8 Å². The van der Waals surface area contributed by atoms with Gasteiger partial charge in [-0.2, -0.15) is 23.5 Å². The highest BCUT2D eigenvalue weighted by Gasteiger charge is 2.47. The highest BCUT2D eigenvalue weighted by molar-refractivity contribution is 7.16. The summed E-state index contributed by atoms with van der Waals surface area (Å²) < 4.78 is 42.7. The largest absolute Gasteiger partial charge is 0.410 e. The zero-order chi connectivity index (χ0) is 24.9. The molecule has 3 heterocycles. The number of fused-ring (bicyclic) bond motifs is 2. The van der Waals surface area contributed by atoms with E-state index in [9.17, 15) is 23.2 Å². The summed E-state index contributed by atoms with van der Waals surface area (Å²) in [6.45, 7) is 0. The summed E-state index contributed by atoms with van der Waals surface area (Å²) in [5.74, 6) is -0.610. The molecule has 12 heteroatoms. The van der Waals surface area contributed by atoms with Crippen molar-refractivity contribution in [2.45, 2.75) is 50.4 Å². The molecule has 1 aliphatic heterocycles. The van der Waals surface area contributed by atoms with Gasteiger partial charge in [0, 0.05) is 17.4 Å². The maximum absolute atomic E-state index is 14.0. The maximum Gasteiger partial charge on any atom is 0.410 e. The molecule has 3 aromatic rings. The van der Waals surface area contributed by atoms with Crippen LogP contribution in [0.3, 0.4) is 0 Å². The van der Waals surface area contributed by atoms with Crippen LogP contribution in [-0.4, -0.2) is 21.9 Å². The lowest BCUT2D eigenvalue weighted by Gasteiger charge is -2.33. The van der Waals surface area contributed by atoms with E-state index in [1.165, 1.54) is 29.5 Å². The number of hydrogen-bond donors (Lipinski definition) is 2. The highest BCUT2D eigenvalue weighted by atomic mass is 35.5. The monoisotopic (exact) mass is 539 g/mol. The van der Waals surface area contributed by atoms with Crippen molar-refractivity contribution in [3.8, 4) is 6.07 Å². The van der Waals surface area contributed by atoms with E-state index in [1.54, 1.807) is 6.07 Å². The molecule has 1 aromatic carbocycles. The van der Waals surface area contributed by atoms with Gasteiger partial charge in [0.15, 0.2) is 11.7 Å². The van der Waals surface area contributed by atoms with Gasteiger partial charge in [0.05, 0.1) is 21.7 Å². The number of halogens is 5. The van der Waals surface area contributed by atoms with Gasteiger partial charge >= 0.3 is 6.18 Å². The van der Waals surface area contributed by atoms with Gasteiger partial charge < -0.3 is 10.6 Å². The number of anilines is 2. The Morgan fingerprint density at radius 3 is 2.71 bits per heavy atom. The predicted octanol–water partition coefficient (Wildman–Crippen LogP) is 6.91. The van der Waals surface area contributed by atoms with Crippen LogP contribution in [0.2, 0.25) is 10.0 Å². The van der Waals surface area contributed by atoms with E-state index in [-0.39, 0.29) is 23.0 Å². The van der Waals surface area contributed by atoms with Crippen LogP contribution in [0.5, 0.6) is 0 Å². The Morgan fingerprint density at radius 2 is 2.00 bits per heavy atom. The molecule has 35 heavy (non-hydrogen) atoms. The molecule has 182 valence electrons. The third-order valence-electron chi connectivity index (χ3n) is 6.28. The fourth-order valence-electron chi connectivity index (χ4n) is 4.57. The lowest BCUT2D eigenvalue weighted by Crippen LogP contribution is -2.35. The maximum atomic E-state index is 14.0. The fraction of sp³-hybridized carbons (Fsp3) is 0.348. The molecule has 5 rings (SSSR count). The summed E-state index contributed by atoms with van der Waals surface area (Å²) in [7, 11) is 0. The quantitative estimate of drug-likeness (QED) is 0.378. The van der Waals surface area contributed by atoms with Crippen molar-refractivity contribution < 1.29 is 18.0 Å². The summed E-state index contributed by atoms with van der Waals surface area (Å²) in [5, 5.41) is 20.3. The first-order valence-corrected chi connectivity index (χ1v) is 12.5. The number of carbonyl (C=O) groups is 1. The summed E-state index contributed by atoms with van der Waals surface area (Å²) in [6, 6.07) is 5.45. The smallest absolute Gasteiger partial charge is 0.363 e. The molecule has 0 saturated carbocycles. The number of aromatic nitrogens is 2. The van der Waals surface area contributed by atoms with Crippen LogP contribution in [0.1, 0.15) is 63.4 Å². The average molecular weight is 540 g/mol. The minimum atomic E-state index is -4.59. The van der Waals surface area contributed by atoms with Gasteiger partial charge in [0.25, 0.3) is 5.91 Å². The third kappa shape index (κ3) is 4.48. The molecule has 2 aliphatic rings. The number of aryl methyl sites for hydroxylation is 1. The lowest BCUT2D eigenvalue weighted by molar-refractivity contribution is -0.173. The number of hydrogen-bond acceptors (Lipinski definition) is 5. The molecule has 0 radical (unpaired) electrons. The molecule has 0 unspecified atom stereocenters. The van der Waals surface area contributed by atoms with Gasteiger partial charge in [-0.05, 0) is 48.9 Å². The van der Waals surface area contributed by atoms with Crippen molar-refractivity contribution in [2.75, 3.05) is 10.6 Å². The number of benzene rings is 1. The minimum Gasteiger partial charge on any atom is -0.363 e. The van der Waals surface area contributed by atoms with Crippen LogP contribution >= 0.6 is 34.5 Å². The normalized spacial score (nSPS) is 19.3. The van der Waals surface area contributed by atoms with E-state index in [0.29, 0.717) is 21.2 Å². The molecule has 1 aliphatic carbocycles. The second-order valence-corrected chi connectivity index (χ2v) is 10.4. The Balaban J connectivity index is 1.45. The second kappa shape index (κ2) is 9.04. The van der Waals surface area contributed by atoms with Crippen LogP contribution < -0.4 is 10.6 Å². The number of thiophene rings is 1. The van der Waals surface area contributed by atoms with Crippen LogP contribution in [0.25, 0.3) is 0 Å². The first-order valence-electron chi connectivity index (χ1n) is 10.9. The SMILES string of the molecule is N#Cc1c(NC(=O)c2cc3n(n2)[C@@H](C(F)(F)F)C[C@@H](c2ccc(Cl)c(Cl)c2)N3)sc2c1CCCC2. The van der Waals surface area contributed by atoms with E-state index >= 15 is 0 Å². The molecule has 1 amide bonds. The molecule has 2 aromatic heterocycles. The first kappa shape index (κ1) is 24.0. The van der Waals surface area contributed by atoms with Gasteiger partial charge in [-0.25, -0.2) is 4.68 Å². The second-order valence-electron chi connectivity index (χ2n) is 8.50. The van der Waals surface area contributed by atoms with Gasteiger partial charge in [0.1, 0.15) is 16.9 Å². The molecule has 0 fully saturated rings. The van der Waals surface area contributed by atoms with Crippen LogP contribution in [-0.2, 0) is 12.8 Å². The summed E-state index contributed by atoms with van der Waals surface area (Å²) in [4.78, 5) is 14.0. The number of nitrogens with one attached hydrogen (secondary N) is 2. The molecule has 2 atom stereocenters. The Kier molecular flexibility index (Phi) is 6.20. The van der Waals surface area contributed by atoms with E-state index in [0.717, 1.165) is 40.8 Å². The number of amides is 1. The Morgan fingerprint density at radius 1 is 1.23 bits per heavy atom. The fourth-order valence-corrected chi connectivity index (χ4v) is 6.11. The van der Waals surface area contributed by atoms with Crippen molar-refractivity contribution >= 4 is 51.3 Å². The molecular weight excluding hydrogens is 522 g/mol. The first-order chi connectivity index (χ1) is 16.7. The van der Waals surface area contributed by atoms with Gasteiger partial charge in [0.2, 0.25) is 0 Å². The molecule has 0 saturated heterocycles. The summed E-state index contributed by atoms with van der Waals surface area (Å²) in [6.07, 6.45) is -1.32. The summed E-state index contributed by atoms with van der Waals surface area (Å²) in [5.41, 5.74) is 1.74. The predicted molar refractivity (Wildman–Crippen MR) is 128 cm³/mol. The number of carbonyl (C=O) groups excluding carboxylic acids is 1. The van der Waals surface area contributed by atoms with Crippen LogP contribution in [0.15, 0.2) is 24.3 Å². The van der Waals surface area contributed by atoms with Crippen molar-refractivity contribution in [3.05, 3.63) is 61.6 Å². The number of rotatable bonds is 3. The number of nitrogens with zero attached hydrogens (tertiary/aromatic N) is 3. The number of alkyl halides is 3. The van der Waals surface area contributed by atoms with Gasteiger partial charge in [-0.3, -0.25) is 4.79 Å². The highest BCUT2D eigenvalue weighted by Crippen LogP contribution is 2.44. The van der Waals surface area contributed by atoms with E-state index in [1.807, 2.05) is 0 Å². The number of nitriles is 1. The van der Waals surface area contributed by atoms with Gasteiger partial charge in [-0.15, -0.1) is 11.3 Å². The Hall–Kier alpha value is -2.74. The topological polar surface area (TPSA) is 82.7 Å². The average Bonchev–Trinajstić information content (AvgIpc) is 3.40. The molecule has 6 nitrogen and oxygen atoms in total. The molecule has 0 spiro atoms. The zero-order valence-electron chi connectivity index (χ0n) is 18.0.